The van der Waals surface area contributed by atoms with Gasteiger partial charge >= 0.3 is 0 Å². The summed E-state index contributed by atoms with van der Waals surface area (Å²) in [5.41, 5.74) is 3.36. The number of unbranched alkanes of at least 4 members (excludes halogenated alkanes) is 3. The molecule has 0 spiro atoms. The Hall–Kier alpha value is -3.02. The van der Waals surface area contributed by atoms with Crippen molar-refractivity contribution in [2.75, 3.05) is 13.7 Å². The predicted octanol–water partition coefficient (Wildman–Crippen LogP) is 4.57. The number of methoxy groups -OCH3 is 1. The average molecular weight is 399 g/mol. The van der Waals surface area contributed by atoms with E-state index in [1.807, 2.05) is 30.3 Å². The Balaban J connectivity index is 1.75. The molecule has 2 rings (SSSR count). The lowest BCUT2D eigenvalue weighted by atomic mass is 10.2. The number of hydrogen-bond donors (Lipinski definition) is 1. The molecule has 6 nitrogen and oxygen atoms in total. The number of amides is 1. The van der Waals surface area contributed by atoms with Crippen molar-refractivity contribution in [2.24, 2.45) is 5.10 Å². The lowest BCUT2D eigenvalue weighted by Crippen LogP contribution is -2.33. The number of ether oxygens (including phenoxy) is 3. The lowest BCUT2D eigenvalue weighted by Gasteiger charge is -2.13. The Morgan fingerprint density at radius 3 is 2.55 bits per heavy atom. The molecule has 29 heavy (non-hydrogen) atoms. The van der Waals surface area contributed by atoms with E-state index in [0.29, 0.717) is 11.5 Å². The van der Waals surface area contributed by atoms with Gasteiger partial charge in [-0.15, -0.1) is 0 Å². The van der Waals surface area contributed by atoms with Crippen LogP contribution in [0.3, 0.4) is 0 Å². The molecule has 1 amide bonds. The van der Waals surface area contributed by atoms with Crippen LogP contribution in [0.15, 0.2) is 53.6 Å². The minimum atomic E-state index is -0.692. The van der Waals surface area contributed by atoms with Gasteiger partial charge in [-0.25, -0.2) is 5.43 Å². The Bertz CT molecular complexity index is 775. The second-order valence-corrected chi connectivity index (χ2v) is 6.65. The first-order valence-corrected chi connectivity index (χ1v) is 9.99. The molecule has 1 atom stereocenters. The monoisotopic (exact) mass is 398 g/mol. The van der Waals surface area contributed by atoms with Crippen LogP contribution in [0, 0.1) is 0 Å². The molecule has 0 aliphatic carbocycles. The minimum Gasteiger partial charge on any atom is -0.497 e. The van der Waals surface area contributed by atoms with Gasteiger partial charge in [-0.3, -0.25) is 4.79 Å². The van der Waals surface area contributed by atoms with Gasteiger partial charge < -0.3 is 14.2 Å². The van der Waals surface area contributed by atoms with Crippen LogP contribution in [0.2, 0.25) is 0 Å². The van der Waals surface area contributed by atoms with E-state index >= 15 is 0 Å². The molecule has 0 bridgehead atoms. The van der Waals surface area contributed by atoms with E-state index in [1.54, 1.807) is 38.4 Å². The summed E-state index contributed by atoms with van der Waals surface area (Å²) in [6.45, 7) is 4.59. The van der Waals surface area contributed by atoms with E-state index in [9.17, 15) is 4.79 Å². The molecule has 0 aliphatic rings. The van der Waals surface area contributed by atoms with Crippen molar-refractivity contribution in [3.8, 4) is 17.2 Å². The van der Waals surface area contributed by atoms with Crippen molar-refractivity contribution >= 4 is 12.1 Å². The fourth-order valence-corrected chi connectivity index (χ4v) is 2.56. The fraction of sp³-hybridized carbons (Fsp3) is 0.391. The van der Waals surface area contributed by atoms with Gasteiger partial charge in [-0.05, 0) is 55.3 Å². The zero-order chi connectivity index (χ0) is 20.9. The first-order chi connectivity index (χ1) is 14.1. The van der Waals surface area contributed by atoms with Crippen molar-refractivity contribution in [2.45, 2.75) is 45.6 Å². The van der Waals surface area contributed by atoms with Crippen molar-refractivity contribution in [3.05, 3.63) is 54.1 Å². The van der Waals surface area contributed by atoms with Gasteiger partial charge in [0.2, 0.25) is 0 Å². The lowest BCUT2D eigenvalue weighted by molar-refractivity contribution is -0.127. The van der Waals surface area contributed by atoms with Gasteiger partial charge in [0.15, 0.2) is 6.10 Å². The topological polar surface area (TPSA) is 69.2 Å². The van der Waals surface area contributed by atoms with Crippen LogP contribution in [0.4, 0.5) is 0 Å². The van der Waals surface area contributed by atoms with E-state index in [0.717, 1.165) is 24.3 Å². The SMILES string of the molecule is CCCCCCOc1ccc(/C=N/NC(=O)C(C)Oc2cccc(OC)c2)cc1. The minimum absolute atomic E-state index is 0.337. The summed E-state index contributed by atoms with van der Waals surface area (Å²) >= 11 is 0. The Morgan fingerprint density at radius 1 is 1.07 bits per heavy atom. The quantitative estimate of drug-likeness (QED) is 0.323. The number of rotatable bonds is 12. The zero-order valence-electron chi connectivity index (χ0n) is 17.4. The van der Waals surface area contributed by atoms with Crippen LogP contribution in [-0.2, 0) is 4.79 Å². The number of benzene rings is 2. The molecule has 0 radical (unpaired) electrons. The number of carbonyl (C=O) groups is 1. The molecule has 1 N–H and O–H groups in total. The first kappa shape index (κ1) is 22.3. The van der Waals surface area contributed by atoms with Crippen LogP contribution < -0.4 is 19.6 Å². The fourth-order valence-electron chi connectivity index (χ4n) is 2.56. The molecule has 1 unspecified atom stereocenters. The maximum absolute atomic E-state index is 12.1. The van der Waals surface area contributed by atoms with Gasteiger partial charge in [0.25, 0.3) is 5.91 Å². The van der Waals surface area contributed by atoms with Crippen LogP contribution >= 0.6 is 0 Å². The average Bonchev–Trinajstić information content (AvgIpc) is 2.74. The smallest absolute Gasteiger partial charge is 0.280 e. The second-order valence-electron chi connectivity index (χ2n) is 6.65. The molecule has 0 saturated heterocycles. The highest BCUT2D eigenvalue weighted by atomic mass is 16.5. The third-order valence-corrected chi connectivity index (χ3v) is 4.26. The summed E-state index contributed by atoms with van der Waals surface area (Å²) in [7, 11) is 1.58. The van der Waals surface area contributed by atoms with E-state index in [1.165, 1.54) is 19.3 Å². The number of hydrazone groups is 1. The van der Waals surface area contributed by atoms with Crippen molar-refractivity contribution in [3.63, 3.8) is 0 Å². The molecule has 0 aliphatic heterocycles. The van der Waals surface area contributed by atoms with Crippen LogP contribution in [0.25, 0.3) is 0 Å². The van der Waals surface area contributed by atoms with Gasteiger partial charge in [0.05, 0.1) is 19.9 Å². The summed E-state index contributed by atoms with van der Waals surface area (Å²) in [6, 6.07) is 14.7. The van der Waals surface area contributed by atoms with Gasteiger partial charge in [0.1, 0.15) is 17.2 Å². The molecule has 0 fully saturated rings. The largest absolute Gasteiger partial charge is 0.497 e. The first-order valence-electron chi connectivity index (χ1n) is 9.99. The number of hydrogen-bond acceptors (Lipinski definition) is 5. The van der Waals surface area contributed by atoms with E-state index in [-0.39, 0.29) is 5.91 Å². The summed E-state index contributed by atoms with van der Waals surface area (Å²) in [6.07, 6.45) is 5.62. The standard InChI is InChI=1S/C23H30N2O4/c1-4-5-6-7-15-28-20-13-11-19(12-14-20)17-24-25-23(26)18(2)29-22-10-8-9-21(16-22)27-3/h8-14,16-18H,4-7,15H2,1-3H3,(H,25,26)/b24-17+. The predicted molar refractivity (Wildman–Crippen MR) is 115 cm³/mol. The Labute approximate surface area is 172 Å². The highest BCUT2D eigenvalue weighted by Crippen LogP contribution is 2.20. The summed E-state index contributed by atoms with van der Waals surface area (Å²) in [5.74, 6) is 1.72. The summed E-state index contributed by atoms with van der Waals surface area (Å²) in [4.78, 5) is 12.1. The van der Waals surface area contributed by atoms with E-state index < -0.39 is 6.10 Å². The van der Waals surface area contributed by atoms with Crippen LogP contribution in [0.1, 0.15) is 45.1 Å². The molecule has 2 aromatic rings. The van der Waals surface area contributed by atoms with Gasteiger partial charge in [0, 0.05) is 6.07 Å². The maximum atomic E-state index is 12.1. The molecular weight excluding hydrogens is 368 g/mol. The maximum Gasteiger partial charge on any atom is 0.280 e. The molecule has 0 saturated carbocycles. The normalized spacial score (nSPS) is 11.8. The third-order valence-electron chi connectivity index (χ3n) is 4.26. The van der Waals surface area contributed by atoms with Gasteiger partial charge in [-0.1, -0.05) is 32.3 Å². The van der Waals surface area contributed by atoms with Crippen molar-refractivity contribution in [1.82, 2.24) is 5.43 Å². The Morgan fingerprint density at radius 2 is 1.83 bits per heavy atom. The third kappa shape index (κ3) is 8.25. The van der Waals surface area contributed by atoms with E-state index in [4.69, 9.17) is 14.2 Å². The summed E-state index contributed by atoms with van der Waals surface area (Å²) < 4.78 is 16.5. The highest BCUT2D eigenvalue weighted by molar-refractivity contribution is 5.84. The zero-order valence-corrected chi connectivity index (χ0v) is 17.4. The Kier molecular flexibility index (Phi) is 9.55. The van der Waals surface area contributed by atoms with E-state index in [2.05, 4.69) is 17.5 Å². The molecule has 6 heteroatoms. The highest BCUT2D eigenvalue weighted by Gasteiger charge is 2.14. The second kappa shape index (κ2) is 12.4. The number of nitrogens with zero attached hydrogens (tertiary/aromatic N) is 1. The van der Waals surface area contributed by atoms with Crippen molar-refractivity contribution in [1.29, 1.82) is 0 Å². The van der Waals surface area contributed by atoms with Crippen LogP contribution in [-0.4, -0.2) is 31.9 Å². The molecule has 2 aromatic carbocycles. The molecular formula is C23H30N2O4. The van der Waals surface area contributed by atoms with Crippen LogP contribution in [0.5, 0.6) is 17.2 Å². The molecule has 156 valence electrons. The summed E-state index contributed by atoms with van der Waals surface area (Å²) in [5, 5.41) is 3.99. The number of carbonyl (C=O) groups excluding carboxylic acids is 1. The number of nitrogens with one attached hydrogen (secondary N) is 1. The van der Waals surface area contributed by atoms with Crippen molar-refractivity contribution < 1.29 is 19.0 Å². The molecule has 0 heterocycles. The van der Waals surface area contributed by atoms with Gasteiger partial charge in [-0.2, -0.15) is 5.10 Å². The molecule has 0 aromatic heterocycles.